The van der Waals surface area contributed by atoms with Gasteiger partial charge in [0.1, 0.15) is 5.69 Å². The summed E-state index contributed by atoms with van der Waals surface area (Å²) < 4.78 is 43.1. The highest BCUT2D eigenvalue weighted by Crippen LogP contribution is 2.34. The van der Waals surface area contributed by atoms with Crippen molar-refractivity contribution in [1.82, 2.24) is 20.4 Å². The van der Waals surface area contributed by atoms with E-state index in [-0.39, 0.29) is 23.0 Å². The number of benzene rings is 1. The van der Waals surface area contributed by atoms with Gasteiger partial charge in [-0.2, -0.15) is 23.5 Å². The Balaban J connectivity index is 1.91. The van der Waals surface area contributed by atoms with E-state index in [1.807, 2.05) is 0 Å². The van der Waals surface area contributed by atoms with Crippen LogP contribution in [0.5, 0.6) is 0 Å². The number of esters is 1. The molecule has 0 radical (unpaired) electrons. The third kappa shape index (κ3) is 3.92. The van der Waals surface area contributed by atoms with Gasteiger partial charge in [-0.05, 0) is 13.0 Å². The first-order chi connectivity index (χ1) is 12.8. The maximum absolute atomic E-state index is 12.7. The van der Waals surface area contributed by atoms with E-state index < -0.39 is 17.7 Å². The Morgan fingerprint density at radius 2 is 1.78 bits per heavy atom. The number of nitrogens with one attached hydrogen (secondary N) is 1. The van der Waals surface area contributed by atoms with Crippen LogP contribution in [0.15, 0.2) is 36.5 Å². The quantitative estimate of drug-likeness (QED) is 0.662. The number of aromatic nitrogens is 4. The molecule has 0 saturated heterocycles. The molecule has 3 aromatic rings. The lowest BCUT2D eigenvalue weighted by atomic mass is 10.0. The summed E-state index contributed by atoms with van der Waals surface area (Å²) in [5.74, 6) is -0.613. The number of ether oxygens (including phenoxy) is 1. The van der Waals surface area contributed by atoms with E-state index in [1.165, 1.54) is 0 Å². The molecule has 0 spiro atoms. The highest BCUT2D eigenvalue weighted by Gasteiger charge is 2.31. The minimum atomic E-state index is -4.52. The third-order valence-corrected chi connectivity index (χ3v) is 3.91. The predicted molar refractivity (Wildman–Crippen MR) is 91.0 cm³/mol. The number of carbonyl (C=O) groups excluding carboxylic acids is 1. The molecule has 0 amide bonds. The van der Waals surface area contributed by atoms with E-state index in [1.54, 1.807) is 31.2 Å². The van der Waals surface area contributed by atoms with Crippen LogP contribution in [0.3, 0.4) is 0 Å². The zero-order chi connectivity index (χ0) is 19.6. The molecule has 27 heavy (non-hydrogen) atoms. The molecule has 140 valence electrons. The Labute approximate surface area is 156 Å². The standard InChI is InChI=1S/C17H12ClF3N4O2/c1-2-27-16(26)15-14(23-25-24-15)10-5-3-9(4-6-10)13-12(18)7-11(8-22-13)17(19,20)21/h3-8H,2H2,1H3,(H,23,24,25). The lowest BCUT2D eigenvalue weighted by molar-refractivity contribution is -0.137. The summed E-state index contributed by atoms with van der Waals surface area (Å²) in [6.45, 7) is 1.87. The highest BCUT2D eigenvalue weighted by atomic mass is 35.5. The lowest BCUT2D eigenvalue weighted by Gasteiger charge is -2.09. The van der Waals surface area contributed by atoms with E-state index in [0.29, 0.717) is 16.8 Å². The van der Waals surface area contributed by atoms with Crippen LogP contribution in [0.2, 0.25) is 5.02 Å². The average Bonchev–Trinajstić information content (AvgIpc) is 3.11. The number of pyridine rings is 1. The molecule has 3 rings (SSSR count). The number of H-pyrrole nitrogens is 1. The summed E-state index contributed by atoms with van der Waals surface area (Å²) in [7, 11) is 0. The second-order valence-electron chi connectivity index (χ2n) is 5.37. The van der Waals surface area contributed by atoms with Crippen molar-refractivity contribution in [2.24, 2.45) is 0 Å². The van der Waals surface area contributed by atoms with Gasteiger partial charge in [-0.25, -0.2) is 4.79 Å². The van der Waals surface area contributed by atoms with Gasteiger partial charge < -0.3 is 4.74 Å². The van der Waals surface area contributed by atoms with Crippen LogP contribution in [-0.2, 0) is 10.9 Å². The summed E-state index contributed by atoms with van der Waals surface area (Å²) in [6, 6.07) is 7.31. The molecule has 0 saturated carbocycles. The normalized spacial score (nSPS) is 11.4. The third-order valence-electron chi connectivity index (χ3n) is 3.62. The Kier molecular flexibility index (Phi) is 5.13. The molecule has 0 aliphatic rings. The second kappa shape index (κ2) is 7.36. The van der Waals surface area contributed by atoms with Gasteiger partial charge in [0, 0.05) is 17.3 Å². The van der Waals surface area contributed by atoms with Gasteiger partial charge in [0.2, 0.25) is 0 Å². The number of nitrogens with zero attached hydrogens (tertiary/aromatic N) is 3. The summed E-state index contributed by atoms with van der Waals surface area (Å²) in [5.41, 5.74) is 0.704. The van der Waals surface area contributed by atoms with Crippen LogP contribution < -0.4 is 0 Å². The van der Waals surface area contributed by atoms with Gasteiger partial charge in [-0.3, -0.25) is 4.98 Å². The van der Waals surface area contributed by atoms with Crippen molar-refractivity contribution >= 4 is 17.6 Å². The molecule has 2 aromatic heterocycles. The van der Waals surface area contributed by atoms with Gasteiger partial charge in [0.05, 0.1) is 22.9 Å². The van der Waals surface area contributed by atoms with Gasteiger partial charge >= 0.3 is 12.1 Å². The number of aromatic amines is 1. The zero-order valence-corrected chi connectivity index (χ0v) is 14.6. The molecule has 0 fully saturated rings. The summed E-state index contributed by atoms with van der Waals surface area (Å²) >= 11 is 5.96. The molecule has 1 aromatic carbocycles. The largest absolute Gasteiger partial charge is 0.461 e. The first-order valence-corrected chi connectivity index (χ1v) is 8.10. The highest BCUT2D eigenvalue weighted by molar-refractivity contribution is 6.33. The smallest absolute Gasteiger partial charge is 0.417 e. The first kappa shape index (κ1) is 18.8. The van der Waals surface area contributed by atoms with Gasteiger partial charge in [-0.15, -0.1) is 5.10 Å². The lowest BCUT2D eigenvalue weighted by Crippen LogP contribution is -2.06. The predicted octanol–water partition coefficient (Wildman–Crippen LogP) is 4.38. The number of halogens is 4. The van der Waals surface area contributed by atoms with E-state index >= 15 is 0 Å². The minimum absolute atomic E-state index is 0.0373. The maximum atomic E-state index is 12.7. The van der Waals surface area contributed by atoms with Gasteiger partial charge in [-0.1, -0.05) is 35.9 Å². The molecular weight excluding hydrogens is 385 g/mol. The van der Waals surface area contributed by atoms with Crippen molar-refractivity contribution in [3.8, 4) is 22.5 Å². The molecule has 2 heterocycles. The van der Waals surface area contributed by atoms with Crippen molar-refractivity contribution in [3.63, 3.8) is 0 Å². The molecule has 0 atom stereocenters. The molecule has 6 nitrogen and oxygen atoms in total. The van der Waals surface area contributed by atoms with Gasteiger partial charge in [0.15, 0.2) is 5.69 Å². The van der Waals surface area contributed by atoms with E-state index in [4.69, 9.17) is 16.3 Å². The van der Waals surface area contributed by atoms with Crippen LogP contribution in [-0.4, -0.2) is 33.0 Å². The molecule has 0 bridgehead atoms. The van der Waals surface area contributed by atoms with Crippen molar-refractivity contribution in [1.29, 1.82) is 0 Å². The number of hydrogen-bond acceptors (Lipinski definition) is 5. The summed E-state index contributed by atoms with van der Waals surface area (Å²) in [6.07, 6.45) is -3.79. The molecule has 10 heteroatoms. The van der Waals surface area contributed by atoms with Crippen molar-refractivity contribution < 1.29 is 22.7 Å². The molecular formula is C17H12ClF3N4O2. The van der Waals surface area contributed by atoms with E-state index in [9.17, 15) is 18.0 Å². The first-order valence-electron chi connectivity index (χ1n) is 7.72. The van der Waals surface area contributed by atoms with Crippen LogP contribution >= 0.6 is 11.6 Å². The summed E-state index contributed by atoms with van der Waals surface area (Å²) in [5, 5.41) is 9.98. The fourth-order valence-corrected chi connectivity index (χ4v) is 2.64. The van der Waals surface area contributed by atoms with Gasteiger partial charge in [0.25, 0.3) is 0 Å². The minimum Gasteiger partial charge on any atom is -0.461 e. The molecule has 0 unspecified atom stereocenters. The number of hydrogen-bond donors (Lipinski definition) is 1. The Bertz CT molecular complexity index is 971. The fourth-order valence-electron chi connectivity index (χ4n) is 2.37. The SMILES string of the molecule is CCOC(=O)c1n[nH]nc1-c1ccc(-c2ncc(C(F)(F)F)cc2Cl)cc1. The fraction of sp³-hybridized carbons (Fsp3) is 0.176. The Morgan fingerprint density at radius 3 is 2.33 bits per heavy atom. The number of carbonyl (C=O) groups is 1. The number of alkyl halides is 3. The van der Waals surface area contributed by atoms with E-state index in [0.717, 1.165) is 12.3 Å². The molecule has 0 aliphatic carbocycles. The molecule has 0 aliphatic heterocycles. The van der Waals surface area contributed by atoms with Crippen LogP contribution in [0.4, 0.5) is 13.2 Å². The van der Waals surface area contributed by atoms with Crippen LogP contribution in [0, 0.1) is 0 Å². The van der Waals surface area contributed by atoms with Crippen molar-refractivity contribution in [2.45, 2.75) is 13.1 Å². The summed E-state index contributed by atoms with van der Waals surface area (Å²) in [4.78, 5) is 15.7. The maximum Gasteiger partial charge on any atom is 0.417 e. The van der Waals surface area contributed by atoms with Crippen molar-refractivity contribution in [3.05, 3.63) is 52.8 Å². The second-order valence-corrected chi connectivity index (χ2v) is 5.78. The Morgan fingerprint density at radius 1 is 1.15 bits per heavy atom. The van der Waals surface area contributed by atoms with Crippen LogP contribution in [0.1, 0.15) is 23.0 Å². The van der Waals surface area contributed by atoms with E-state index in [2.05, 4.69) is 20.4 Å². The molecule has 1 N–H and O–H groups in total. The zero-order valence-electron chi connectivity index (χ0n) is 13.8. The average molecular weight is 397 g/mol. The monoisotopic (exact) mass is 396 g/mol. The number of rotatable bonds is 4. The Hall–Kier alpha value is -2.94. The topological polar surface area (TPSA) is 80.8 Å². The van der Waals surface area contributed by atoms with Crippen molar-refractivity contribution in [2.75, 3.05) is 6.61 Å². The van der Waals surface area contributed by atoms with Crippen LogP contribution in [0.25, 0.3) is 22.5 Å².